The first-order chi connectivity index (χ1) is 14.1. The number of benzene rings is 2. The average Bonchev–Trinajstić information content (AvgIpc) is 3.14. The summed E-state index contributed by atoms with van der Waals surface area (Å²) in [4.78, 5) is 5.39. The highest BCUT2D eigenvalue weighted by molar-refractivity contribution is 7.07. The summed E-state index contributed by atoms with van der Waals surface area (Å²) < 4.78 is 12.8. The number of hydrogen-bond acceptors (Lipinski definition) is 5. The maximum Gasteiger partial charge on any atom is 0.206 e. The molecule has 1 heterocycles. The molecule has 0 aliphatic rings. The predicted molar refractivity (Wildman–Crippen MR) is 120 cm³/mol. The Morgan fingerprint density at radius 2 is 1.93 bits per heavy atom. The molecule has 3 aromatic rings. The predicted octanol–water partition coefficient (Wildman–Crippen LogP) is 4.82. The van der Waals surface area contributed by atoms with E-state index in [1.807, 2.05) is 34.5 Å². The van der Waals surface area contributed by atoms with Gasteiger partial charge in [-0.2, -0.15) is 5.10 Å². The van der Waals surface area contributed by atoms with Crippen molar-refractivity contribution in [2.45, 2.75) is 13.8 Å². The van der Waals surface area contributed by atoms with Crippen LogP contribution in [0.4, 0.5) is 0 Å². The first-order valence-electron chi connectivity index (χ1n) is 9.23. The van der Waals surface area contributed by atoms with Gasteiger partial charge < -0.3 is 9.47 Å². The number of hydrogen-bond donors (Lipinski definition) is 0. The van der Waals surface area contributed by atoms with Gasteiger partial charge in [0.2, 0.25) is 4.80 Å². The Labute approximate surface area is 175 Å². The van der Waals surface area contributed by atoms with Crippen molar-refractivity contribution in [3.05, 3.63) is 75.9 Å². The van der Waals surface area contributed by atoms with E-state index in [1.165, 1.54) is 22.5 Å². The van der Waals surface area contributed by atoms with Crippen LogP contribution in [0.2, 0.25) is 0 Å². The van der Waals surface area contributed by atoms with Gasteiger partial charge in [0.1, 0.15) is 11.5 Å². The lowest BCUT2D eigenvalue weighted by atomic mass is 10.1. The third-order valence-corrected chi connectivity index (χ3v) is 5.33. The Balaban J connectivity index is 2.15. The number of aryl methyl sites for hydroxylation is 2. The van der Waals surface area contributed by atoms with E-state index < -0.39 is 0 Å². The molecule has 5 nitrogen and oxygen atoms in total. The summed E-state index contributed by atoms with van der Waals surface area (Å²) in [6, 6.07) is 12.1. The van der Waals surface area contributed by atoms with E-state index in [-0.39, 0.29) is 0 Å². The Kier molecular flexibility index (Phi) is 6.67. The molecule has 0 saturated carbocycles. The van der Waals surface area contributed by atoms with E-state index in [2.05, 4.69) is 43.6 Å². The Bertz CT molecular complexity index is 1110. The van der Waals surface area contributed by atoms with Crippen molar-refractivity contribution in [2.75, 3.05) is 20.8 Å². The lowest BCUT2D eigenvalue weighted by Crippen LogP contribution is -2.13. The largest absolute Gasteiger partial charge is 0.497 e. The smallest absolute Gasteiger partial charge is 0.206 e. The minimum atomic E-state index is 0.526. The average molecular weight is 408 g/mol. The minimum absolute atomic E-state index is 0.526. The third-order valence-electron chi connectivity index (χ3n) is 4.47. The topological polar surface area (TPSA) is 48.1 Å². The number of thiazole rings is 1. The van der Waals surface area contributed by atoms with Crippen LogP contribution in [0, 0.1) is 13.8 Å². The molecule has 0 spiro atoms. The lowest BCUT2D eigenvalue weighted by molar-refractivity contribution is 0.395. The van der Waals surface area contributed by atoms with Crippen molar-refractivity contribution in [1.82, 2.24) is 4.68 Å². The highest BCUT2D eigenvalue weighted by atomic mass is 32.1. The van der Waals surface area contributed by atoms with Crippen LogP contribution in [0.25, 0.3) is 11.3 Å². The number of ether oxygens (including phenoxy) is 2. The molecule has 1 aromatic heterocycles. The molecule has 0 radical (unpaired) electrons. The molecule has 0 saturated heterocycles. The van der Waals surface area contributed by atoms with E-state index >= 15 is 0 Å². The molecule has 150 valence electrons. The van der Waals surface area contributed by atoms with Gasteiger partial charge in [-0.15, -0.1) is 17.9 Å². The van der Waals surface area contributed by atoms with Crippen molar-refractivity contribution in [3.63, 3.8) is 0 Å². The van der Waals surface area contributed by atoms with Crippen LogP contribution < -0.4 is 14.3 Å². The molecule has 0 aliphatic carbocycles. The molecule has 0 bridgehead atoms. The lowest BCUT2D eigenvalue weighted by Gasteiger charge is -2.11. The summed E-state index contributed by atoms with van der Waals surface area (Å²) in [6.45, 7) is 8.44. The molecule has 29 heavy (non-hydrogen) atoms. The van der Waals surface area contributed by atoms with Crippen molar-refractivity contribution < 1.29 is 9.47 Å². The summed E-state index contributed by atoms with van der Waals surface area (Å²) in [6.07, 6.45) is 3.65. The van der Waals surface area contributed by atoms with Gasteiger partial charge in [-0.25, -0.2) is 4.68 Å². The van der Waals surface area contributed by atoms with Gasteiger partial charge in [-0.3, -0.25) is 4.99 Å². The minimum Gasteiger partial charge on any atom is -0.497 e. The number of nitrogens with zero attached hydrogens (tertiary/aromatic N) is 3. The first-order valence-corrected chi connectivity index (χ1v) is 10.1. The van der Waals surface area contributed by atoms with Crippen LogP contribution in [0.15, 0.2) is 64.5 Å². The van der Waals surface area contributed by atoms with Crippen LogP contribution in [0.5, 0.6) is 11.5 Å². The fourth-order valence-electron chi connectivity index (χ4n) is 2.88. The number of rotatable bonds is 7. The van der Waals surface area contributed by atoms with E-state index in [0.29, 0.717) is 12.3 Å². The van der Waals surface area contributed by atoms with Crippen molar-refractivity contribution in [3.8, 4) is 22.8 Å². The zero-order chi connectivity index (χ0) is 20.8. The summed E-state index contributed by atoms with van der Waals surface area (Å²) in [5.41, 5.74) is 5.26. The van der Waals surface area contributed by atoms with Crippen molar-refractivity contribution >= 4 is 17.6 Å². The molecule has 0 unspecified atom stereocenters. The second kappa shape index (κ2) is 9.39. The maximum absolute atomic E-state index is 5.60. The Hall–Kier alpha value is -3.12. The van der Waals surface area contributed by atoms with Crippen molar-refractivity contribution in [1.29, 1.82) is 0 Å². The molecular formula is C23H25N3O2S. The Morgan fingerprint density at radius 3 is 2.66 bits per heavy atom. The summed E-state index contributed by atoms with van der Waals surface area (Å²) >= 11 is 1.53. The molecule has 3 rings (SSSR count). The molecule has 0 amide bonds. The molecule has 0 aliphatic heterocycles. The maximum atomic E-state index is 5.60. The van der Waals surface area contributed by atoms with Gasteiger partial charge in [0.15, 0.2) is 0 Å². The van der Waals surface area contributed by atoms with E-state index in [0.717, 1.165) is 27.4 Å². The molecule has 0 atom stereocenters. The normalized spacial score (nSPS) is 11.8. The van der Waals surface area contributed by atoms with Gasteiger partial charge in [-0.1, -0.05) is 29.8 Å². The van der Waals surface area contributed by atoms with Crippen molar-refractivity contribution in [2.24, 2.45) is 10.1 Å². The first kappa shape index (κ1) is 20.6. The highest BCUT2D eigenvalue weighted by Gasteiger charge is 2.13. The SMILES string of the molecule is C=CCN=c1scc(-c2ccc(OC)cc2OC)n1N=Cc1cc(C)ccc1C. The molecule has 6 heteroatoms. The second-order valence-electron chi connectivity index (χ2n) is 6.52. The van der Waals surface area contributed by atoms with Crippen LogP contribution in [-0.4, -0.2) is 31.7 Å². The summed E-state index contributed by atoms with van der Waals surface area (Å²) in [5.74, 6) is 1.45. The monoisotopic (exact) mass is 407 g/mol. The molecular weight excluding hydrogens is 382 g/mol. The summed E-state index contributed by atoms with van der Waals surface area (Å²) in [7, 11) is 3.29. The van der Waals surface area contributed by atoms with E-state index in [9.17, 15) is 0 Å². The zero-order valence-electron chi connectivity index (χ0n) is 17.2. The second-order valence-corrected chi connectivity index (χ2v) is 7.35. The van der Waals surface area contributed by atoms with Crippen LogP contribution >= 0.6 is 11.3 Å². The number of methoxy groups -OCH3 is 2. The van der Waals surface area contributed by atoms with Crippen LogP contribution in [0.1, 0.15) is 16.7 Å². The number of aromatic nitrogens is 1. The fourth-order valence-corrected chi connectivity index (χ4v) is 3.71. The van der Waals surface area contributed by atoms with E-state index in [1.54, 1.807) is 20.3 Å². The van der Waals surface area contributed by atoms with Gasteiger partial charge in [0, 0.05) is 17.0 Å². The third kappa shape index (κ3) is 4.66. The van der Waals surface area contributed by atoms with Gasteiger partial charge in [-0.05, 0) is 37.1 Å². The van der Waals surface area contributed by atoms with Crippen LogP contribution in [-0.2, 0) is 0 Å². The van der Waals surface area contributed by atoms with E-state index in [4.69, 9.17) is 14.6 Å². The molecule has 2 aromatic carbocycles. The van der Waals surface area contributed by atoms with Gasteiger partial charge in [0.25, 0.3) is 0 Å². The quantitative estimate of drug-likeness (QED) is 0.416. The zero-order valence-corrected chi connectivity index (χ0v) is 18.0. The standard InChI is InChI=1S/C23H25N3O2S/c1-6-11-24-23-26(25-14-18-12-16(2)7-8-17(18)3)21(15-29-23)20-10-9-19(27-4)13-22(20)28-5/h6-10,12-15H,1,11H2,2-5H3. The highest BCUT2D eigenvalue weighted by Crippen LogP contribution is 2.33. The Morgan fingerprint density at radius 1 is 1.10 bits per heavy atom. The molecule has 0 fully saturated rings. The van der Waals surface area contributed by atoms with Gasteiger partial charge >= 0.3 is 0 Å². The fraction of sp³-hybridized carbons (Fsp3) is 0.217. The van der Waals surface area contributed by atoms with Gasteiger partial charge in [0.05, 0.1) is 32.7 Å². The summed E-state index contributed by atoms with van der Waals surface area (Å²) in [5, 5.41) is 6.81. The van der Waals surface area contributed by atoms with Crippen LogP contribution in [0.3, 0.4) is 0 Å². The molecule has 0 N–H and O–H groups in total.